The Hall–Kier alpha value is -2.85. The van der Waals surface area contributed by atoms with Crippen molar-refractivity contribution in [3.63, 3.8) is 0 Å². The van der Waals surface area contributed by atoms with Crippen LogP contribution in [0.1, 0.15) is 65.6 Å². The highest BCUT2D eigenvalue weighted by atomic mass is 79.9. The number of carbonyl (C=O) groups is 1. The first-order valence-corrected chi connectivity index (χ1v) is 19.3. The molecule has 0 aromatic heterocycles. The predicted molar refractivity (Wildman–Crippen MR) is 189 cm³/mol. The third kappa shape index (κ3) is 6.74. The molecule has 2 aliphatic heterocycles. The lowest BCUT2D eigenvalue weighted by Crippen LogP contribution is -2.49. The average Bonchev–Trinajstić information content (AvgIpc) is 3.17. The topological polar surface area (TPSA) is 95.9 Å². The van der Waals surface area contributed by atoms with E-state index in [0.717, 1.165) is 52.9 Å². The van der Waals surface area contributed by atoms with Crippen LogP contribution in [0.2, 0.25) is 5.02 Å². The summed E-state index contributed by atoms with van der Waals surface area (Å²) in [6.07, 6.45) is 9.06. The first-order valence-electron chi connectivity index (χ1n) is 16.6. The molecular weight excluding hydrogens is 700 g/mol. The molecule has 1 spiro atoms. The van der Waals surface area contributed by atoms with Crippen LogP contribution < -0.4 is 14.4 Å². The molecule has 2 N–H and O–H groups in total. The lowest BCUT2D eigenvalue weighted by Gasteiger charge is -2.45. The molecule has 2 aliphatic carbocycles. The Kier molecular flexibility index (Phi) is 9.19. The number of allylic oxidation sites excluding steroid dienone is 1. The zero-order valence-corrected chi connectivity index (χ0v) is 29.4. The van der Waals surface area contributed by atoms with Crippen LogP contribution in [0, 0.1) is 11.8 Å². The standard InChI is InChI=1S/C37H40BrClN2O5S/c38-28-11-7-24(8-12-28)18-30-5-1-2-6-34(42)31-14-9-27(31)21-41-22-37(17-3-4-25-19-29(39)13-15-32(25)37)23-46-35-16-10-26(20-33(35)41)36(43)40-47(30,44)45/h2,6-8,10-13,15-16,19-20,27,30-31,34,42H,1,3-5,9,14,17-18,21-23H2,(H,40,43)/b6-2+/t27-,30-,31+,34-,37-/m0/s1. The normalized spacial score (nSPS) is 29.3. The SMILES string of the molecule is O=C1NS(=O)(=O)[C@H](Cc2ccc(Br)cc2)CC/C=C/[C@H](O)[C@@H]2CC[C@H]2CN2C[C@@]3(CCCc4cc(Cl)ccc43)COc3ccc1cc32. The Morgan fingerprint density at radius 2 is 1.89 bits per heavy atom. The Bertz CT molecular complexity index is 1800. The van der Waals surface area contributed by atoms with Crippen LogP contribution >= 0.6 is 27.5 Å². The average molecular weight is 740 g/mol. The Balaban J connectivity index is 1.26. The monoisotopic (exact) mass is 738 g/mol. The number of benzene rings is 3. The van der Waals surface area contributed by atoms with E-state index in [1.165, 1.54) is 11.1 Å². The molecule has 1 amide bonds. The molecule has 47 heavy (non-hydrogen) atoms. The van der Waals surface area contributed by atoms with Crippen LogP contribution in [0.4, 0.5) is 5.69 Å². The summed E-state index contributed by atoms with van der Waals surface area (Å²) in [5, 5.41) is 11.2. The molecule has 2 bridgehead atoms. The number of hydrogen-bond acceptors (Lipinski definition) is 6. The van der Waals surface area contributed by atoms with Gasteiger partial charge in [0.1, 0.15) is 5.75 Å². The molecule has 2 heterocycles. The fourth-order valence-corrected chi connectivity index (χ4v) is 9.85. The number of aliphatic hydroxyl groups is 1. The molecule has 1 fully saturated rings. The van der Waals surface area contributed by atoms with Gasteiger partial charge < -0.3 is 14.7 Å². The second-order valence-electron chi connectivity index (χ2n) is 13.7. The highest BCUT2D eigenvalue weighted by Gasteiger charge is 2.44. The van der Waals surface area contributed by atoms with Gasteiger partial charge in [-0.25, -0.2) is 13.1 Å². The van der Waals surface area contributed by atoms with E-state index in [-0.39, 0.29) is 29.2 Å². The van der Waals surface area contributed by atoms with Crippen molar-refractivity contribution in [1.29, 1.82) is 0 Å². The number of carbonyl (C=O) groups excluding carboxylic acids is 1. The number of ether oxygens (including phenoxy) is 1. The maximum absolute atomic E-state index is 13.8. The van der Waals surface area contributed by atoms with E-state index in [4.69, 9.17) is 16.3 Å². The Morgan fingerprint density at radius 3 is 2.68 bits per heavy atom. The number of aryl methyl sites for hydroxylation is 1. The second kappa shape index (κ2) is 13.2. The first kappa shape index (κ1) is 32.7. The molecule has 1 saturated carbocycles. The predicted octanol–water partition coefficient (Wildman–Crippen LogP) is 6.98. The number of rotatable bonds is 2. The minimum absolute atomic E-state index is 0.106. The van der Waals surface area contributed by atoms with Gasteiger partial charge in [0.25, 0.3) is 5.91 Å². The number of halogens is 2. The van der Waals surface area contributed by atoms with Crippen molar-refractivity contribution in [3.8, 4) is 5.75 Å². The lowest BCUT2D eigenvalue weighted by molar-refractivity contribution is 0.0456. The third-order valence-corrected chi connectivity index (χ3v) is 13.2. The summed E-state index contributed by atoms with van der Waals surface area (Å²) in [5.41, 5.74) is 4.14. The molecule has 0 unspecified atom stereocenters. The van der Waals surface area contributed by atoms with Crippen LogP contribution in [-0.4, -0.2) is 50.5 Å². The summed E-state index contributed by atoms with van der Waals surface area (Å²) >= 11 is 9.85. The molecule has 0 radical (unpaired) electrons. The quantitative estimate of drug-likeness (QED) is 0.276. The zero-order chi connectivity index (χ0) is 32.8. The number of amides is 1. The highest BCUT2D eigenvalue weighted by molar-refractivity contribution is 9.10. The van der Waals surface area contributed by atoms with Gasteiger partial charge in [0, 0.05) is 33.6 Å². The van der Waals surface area contributed by atoms with E-state index in [9.17, 15) is 18.3 Å². The van der Waals surface area contributed by atoms with Gasteiger partial charge in [-0.2, -0.15) is 0 Å². The fraction of sp³-hybridized carbons (Fsp3) is 0.432. The van der Waals surface area contributed by atoms with Gasteiger partial charge in [-0.15, -0.1) is 0 Å². The summed E-state index contributed by atoms with van der Waals surface area (Å²) in [5.74, 6) is 0.397. The molecule has 4 aliphatic rings. The second-order valence-corrected chi connectivity index (χ2v) is 17.0. The van der Waals surface area contributed by atoms with E-state index in [1.807, 2.05) is 42.5 Å². The van der Waals surface area contributed by atoms with Crippen LogP contribution in [0.25, 0.3) is 0 Å². The summed E-state index contributed by atoms with van der Waals surface area (Å²) in [4.78, 5) is 16.0. The lowest BCUT2D eigenvalue weighted by atomic mass is 9.68. The van der Waals surface area contributed by atoms with Crippen LogP contribution in [0.3, 0.4) is 0 Å². The van der Waals surface area contributed by atoms with Crippen molar-refractivity contribution in [1.82, 2.24) is 4.72 Å². The van der Waals surface area contributed by atoms with E-state index >= 15 is 0 Å². The molecule has 10 heteroatoms. The van der Waals surface area contributed by atoms with Crippen LogP contribution in [0.15, 0.2) is 77.3 Å². The summed E-state index contributed by atoms with van der Waals surface area (Å²) in [6.45, 7) is 1.87. The zero-order valence-electron chi connectivity index (χ0n) is 26.2. The van der Waals surface area contributed by atoms with E-state index < -0.39 is 27.3 Å². The number of nitrogens with one attached hydrogen (secondary N) is 1. The molecule has 3 aromatic rings. The molecule has 7 nitrogen and oxygen atoms in total. The van der Waals surface area contributed by atoms with Crippen molar-refractivity contribution in [2.45, 2.75) is 68.1 Å². The van der Waals surface area contributed by atoms with Crippen LogP contribution in [0.5, 0.6) is 5.75 Å². The summed E-state index contributed by atoms with van der Waals surface area (Å²) in [6, 6.07) is 19.0. The Labute approximate surface area is 290 Å². The van der Waals surface area contributed by atoms with Crippen molar-refractivity contribution in [2.75, 3.05) is 24.6 Å². The molecule has 0 saturated heterocycles. The molecule has 7 rings (SSSR count). The van der Waals surface area contributed by atoms with Crippen molar-refractivity contribution in [3.05, 3.63) is 105 Å². The minimum Gasteiger partial charge on any atom is -0.490 e. The first-order chi connectivity index (χ1) is 22.6. The fourth-order valence-electron chi connectivity index (χ4n) is 7.99. The molecule has 5 atom stereocenters. The van der Waals surface area contributed by atoms with E-state index in [0.29, 0.717) is 38.3 Å². The third-order valence-electron chi connectivity index (χ3n) is 10.7. The summed E-state index contributed by atoms with van der Waals surface area (Å²) in [7, 11) is -4.04. The van der Waals surface area contributed by atoms with Crippen molar-refractivity contribution >= 4 is 49.1 Å². The van der Waals surface area contributed by atoms with Gasteiger partial charge in [-0.1, -0.05) is 57.9 Å². The smallest absolute Gasteiger partial charge is 0.264 e. The van der Waals surface area contributed by atoms with Gasteiger partial charge in [-0.3, -0.25) is 4.79 Å². The van der Waals surface area contributed by atoms with E-state index in [1.54, 1.807) is 18.2 Å². The number of aliphatic hydroxyl groups excluding tert-OH is 1. The molecule has 3 aromatic carbocycles. The number of sulfonamides is 1. The Morgan fingerprint density at radius 1 is 1.06 bits per heavy atom. The van der Waals surface area contributed by atoms with Gasteiger partial charge in [0.15, 0.2) is 0 Å². The van der Waals surface area contributed by atoms with Crippen LogP contribution in [-0.2, 0) is 28.3 Å². The van der Waals surface area contributed by atoms with Crippen molar-refractivity contribution in [2.24, 2.45) is 11.8 Å². The summed E-state index contributed by atoms with van der Waals surface area (Å²) < 4.78 is 37.4. The van der Waals surface area contributed by atoms with Gasteiger partial charge >= 0.3 is 0 Å². The molecule has 248 valence electrons. The maximum Gasteiger partial charge on any atom is 0.264 e. The maximum atomic E-state index is 13.8. The van der Waals surface area contributed by atoms with Gasteiger partial charge in [0.05, 0.1) is 23.6 Å². The largest absolute Gasteiger partial charge is 0.490 e. The number of nitrogens with zero attached hydrogens (tertiary/aromatic N) is 1. The van der Waals surface area contributed by atoms with Gasteiger partial charge in [0.2, 0.25) is 10.0 Å². The number of fused-ring (bicyclic) bond motifs is 4. The van der Waals surface area contributed by atoms with E-state index in [2.05, 4.69) is 37.7 Å². The number of anilines is 1. The van der Waals surface area contributed by atoms with Crippen molar-refractivity contribution < 1.29 is 23.1 Å². The van der Waals surface area contributed by atoms with Gasteiger partial charge in [-0.05, 0) is 122 Å². The minimum atomic E-state index is -4.04. The molecular formula is C37H40BrClN2O5S. The highest BCUT2D eigenvalue weighted by Crippen LogP contribution is 2.46. The number of hydrogen-bond donors (Lipinski definition) is 2.